The molecule has 0 unspecified atom stereocenters. The van der Waals surface area contributed by atoms with Gasteiger partial charge in [0.25, 0.3) is 11.8 Å². The molecule has 2 rings (SSSR count). The first-order valence-corrected chi connectivity index (χ1v) is 8.29. The van der Waals surface area contributed by atoms with E-state index in [1.54, 1.807) is 6.07 Å². The van der Waals surface area contributed by atoms with Gasteiger partial charge in [0.05, 0.1) is 5.70 Å². The van der Waals surface area contributed by atoms with E-state index in [2.05, 4.69) is 15.6 Å². The fourth-order valence-corrected chi connectivity index (χ4v) is 2.41. The molecule has 2 amide bonds. The molecule has 0 aliphatic carbocycles. The number of hydrogen-bond acceptors (Lipinski definition) is 3. The summed E-state index contributed by atoms with van der Waals surface area (Å²) in [7, 11) is 1.32. The maximum Gasteiger partial charge on any atom is 0.271 e. The molecule has 0 aromatic heterocycles. The second-order valence-corrected chi connectivity index (χ2v) is 5.60. The highest BCUT2D eigenvalue weighted by Crippen LogP contribution is 2.13. The van der Waals surface area contributed by atoms with Crippen LogP contribution in [0.5, 0.6) is 0 Å². The molecule has 146 valence electrons. The predicted molar refractivity (Wildman–Crippen MR) is 99.2 cm³/mol. The molecule has 0 atom stereocenters. The zero-order chi connectivity index (χ0) is 20.7. The van der Waals surface area contributed by atoms with Crippen LogP contribution >= 0.6 is 0 Å². The van der Waals surface area contributed by atoms with E-state index in [1.165, 1.54) is 38.2 Å². The predicted octanol–water partition coefficient (Wildman–Crippen LogP) is 3.12. The summed E-state index contributed by atoms with van der Waals surface area (Å²) in [4.78, 5) is 28.5. The van der Waals surface area contributed by atoms with E-state index in [-0.39, 0.29) is 23.5 Å². The Morgan fingerprint density at radius 2 is 1.61 bits per heavy atom. The van der Waals surface area contributed by atoms with Gasteiger partial charge in [0.15, 0.2) is 0 Å². The molecule has 0 spiro atoms. The largest absolute Gasteiger partial charge is 0.346 e. The van der Waals surface area contributed by atoms with Crippen molar-refractivity contribution < 1.29 is 22.8 Å². The lowest BCUT2D eigenvalue weighted by molar-refractivity contribution is -0.114. The molecule has 2 aromatic rings. The van der Waals surface area contributed by atoms with Gasteiger partial charge < -0.3 is 10.6 Å². The molecular weight excluding hydrogens is 371 g/mol. The van der Waals surface area contributed by atoms with E-state index in [0.29, 0.717) is 0 Å². The Bertz CT molecular complexity index is 935. The number of carbonyl (C=O) groups excluding carboxylic acids is 2. The van der Waals surface area contributed by atoms with E-state index in [1.807, 2.05) is 0 Å². The Kier molecular flexibility index (Phi) is 7.08. The van der Waals surface area contributed by atoms with Gasteiger partial charge in [0, 0.05) is 19.2 Å². The van der Waals surface area contributed by atoms with Crippen LogP contribution in [0.4, 0.5) is 13.2 Å². The summed E-state index contributed by atoms with van der Waals surface area (Å²) in [5, 5.41) is 4.77. The topological polar surface area (TPSA) is 70.6 Å². The number of amides is 2. The summed E-state index contributed by atoms with van der Waals surface area (Å²) < 4.78 is 41.2. The molecule has 0 aliphatic heterocycles. The standard InChI is InChI=1S/C20H18F3N3O2/c1-3-16(26-19(27)17-14(22)9-6-10-15(17)23)18(24-2)20(28)25-11-12-7-4-5-8-13(12)21/h3-10H,11H2,1-2H3,(H,25,28)(H,26,27)/b16-3+,24-18?. The highest BCUT2D eigenvalue weighted by molar-refractivity contribution is 6.45. The first kappa shape index (κ1) is 20.9. The van der Waals surface area contributed by atoms with Crippen LogP contribution in [0.3, 0.4) is 0 Å². The highest BCUT2D eigenvalue weighted by atomic mass is 19.1. The fourth-order valence-electron chi connectivity index (χ4n) is 2.41. The lowest BCUT2D eigenvalue weighted by atomic mass is 10.1. The quantitative estimate of drug-likeness (QED) is 0.746. The number of aliphatic imine (C=N–C) groups is 1. The van der Waals surface area contributed by atoms with E-state index < -0.39 is 34.8 Å². The van der Waals surface area contributed by atoms with Crippen LogP contribution in [0.1, 0.15) is 22.8 Å². The first-order chi connectivity index (χ1) is 13.4. The minimum atomic E-state index is -1.06. The number of hydrogen-bond donors (Lipinski definition) is 2. The maximum atomic E-state index is 13.8. The van der Waals surface area contributed by atoms with Crippen LogP contribution in [-0.2, 0) is 11.3 Å². The van der Waals surface area contributed by atoms with Crippen molar-refractivity contribution >= 4 is 17.5 Å². The second-order valence-electron chi connectivity index (χ2n) is 5.60. The first-order valence-electron chi connectivity index (χ1n) is 8.29. The van der Waals surface area contributed by atoms with Gasteiger partial charge in [-0.25, -0.2) is 13.2 Å². The number of nitrogens with zero attached hydrogens (tertiary/aromatic N) is 1. The molecule has 0 saturated heterocycles. The summed E-state index contributed by atoms with van der Waals surface area (Å²) in [5.74, 6) is -4.30. The molecule has 0 bridgehead atoms. The summed E-state index contributed by atoms with van der Waals surface area (Å²) in [5.41, 5.74) is -0.722. The molecule has 0 saturated carbocycles. The van der Waals surface area contributed by atoms with Crippen LogP contribution in [-0.4, -0.2) is 24.6 Å². The Morgan fingerprint density at radius 3 is 2.18 bits per heavy atom. The normalized spacial score (nSPS) is 11.9. The Balaban J connectivity index is 2.14. The third-order valence-corrected chi connectivity index (χ3v) is 3.82. The summed E-state index contributed by atoms with van der Waals surface area (Å²) in [6.07, 6.45) is 1.36. The Labute approximate surface area is 160 Å². The van der Waals surface area contributed by atoms with Gasteiger partial charge in [-0.05, 0) is 25.1 Å². The zero-order valence-corrected chi connectivity index (χ0v) is 15.2. The van der Waals surface area contributed by atoms with E-state index >= 15 is 0 Å². The van der Waals surface area contributed by atoms with Gasteiger partial charge in [-0.15, -0.1) is 0 Å². The average Bonchev–Trinajstić information content (AvgIpc) is 2.67. The second kappa shape index (κ2) is 9.50. The Hall–Kier alpha value is -3.42. The van der Waals surface area contributed by atoms with Crippen molar-refractivity contribution in [3.63, 3.8) is 0 Å². The van der Waals surface area contributed by atoms with E-state index in [4.69, 9.17) is 0 Å². The van der Waals surface area contributed by atoms with Gasteiger partial charge in [0.2, 0.25) is 0 Å². The third-order valence-electron chi connectivity index (χ3n) is 3.82. The van der Waals surface area contributed by atoms with Gasteiger partial charge in [-0.2, -0.15) is 0 Å². The average molecular weight is 389 g/mol. The lowest BCUT2D eigenvalue weighted by Crippen LogP contribution is -2.38. The molecule has 8 heteroatoms. The summed E-state index contributed by atoms with van der Waals surface area (Å²) >= 11 is 0. The SMILES string of the molecule is C/C=C(/NC(=O)c1c(F)cccc1F)C(=NC)C(=O)NCc1ccccc1F. The lowest BCUT2D eigenvalue weighted by Gasteiger charge is -2.13. The molecular formula is C20H18F3N3O2. The Morgan fingerprint density at radius 1 is 1.00 bits per heavy atom. The van der Waals surface area contributed by atoms with Crippen molar-refractivity contribution in [1.29, 1.82) is 0 Å². The molecule has 0 heterocycles. The molecule has 2 aromatic carbocycles. The molecule has 5 nitrogen and oxygen atoms in total. The van der Waals surface area contributed by atoms with Gasteiger partial charge in [0.1, 0.15) is 28.7 Å². The van der Waals surface area contributed by atoms with Crippen LogP contribution in [0.25, 0.3) is 0 Å². The minimum absolute atomic E-state index is 0.0406. The van der Waals surface area contributed by atoms with Crippen LogP contribution < -0.4 is 10.6 Å². The molecule has 2 N–H and O–H groups in total. The van der Waals surface area contributed by atoms with Crippen molar-refractivity contribution in [2.45, 2.75) is 13.5 Å². The summed E-state index contributed by atoms with van der Waals surface area (Å²) in [6, 6.07) is 8.95. The molecule has 0 radical (unpaired) electrons. The number of allylic oxidation sites excluding steroid dienone is 1. The monoisotopic (exact) mass is 389 g/mol. The highest BCUT2D eigenvalue weighted by Gasteiger charge is 2.22. The van der Waals surface area contributed by atoms with E-state index in [9.17, 15) is 22.8 Å². The van der Waals surface area contributed by atoms with Crippen LogP contribution in [0.2, 0.25) is 0 Å². The van der Waals surface area contributed by atoms with Crippen LogP contribution in [0.15, 0.2) is 59.2 Å². The molecule has 0 fully saturated rings. The number of nitrogens with one attached hydrogen (secondary N) is 2. The molecule has 28 heavy (non-hydrogen) atoms. The van der Waals surface area contributed by atoms with Crippen molar-refractivity contribution in [2.75, 3.05) is 7.05 Å². The van der Waals surface area contributed by atoms with Gasteiger partial charge in [-0.3, -0.25) is 14.6 Å². The molecule has 0 aliphatic rings. The smallest absolute Gasteiger partial charge is 0.271 e. The van der Waals surface area contributed by atoms with Crippen LogP contribution in [0, 0.1) is 17.5 Å². The zero-order valence-electron chi connectivity index (χ0n) is 15.2. The number of rotatable bonds is 6. The van der Waals surface area contributed by atoms with Gasteiger partial charge in [-0.1, -0.05) is 30.3 Å². The van der Waals surface area contributed by atoms with Gasteiger partial charge >= 0.3 is 0 Å². The fraction of sp³-hybridized carbons (Fsp3) is 0.150. The maximum absolute atomic E-state index is 13.8. The van der Waals surface area contributed by atoms with Crippen molar-refractivity contribution in [3.05, 3.63) is 82.8 Å². The number of halogens is 3. The minimum Gasteiger partial charge on any atom is -0.346 e. The van der Waals surface area contributed by atoms with Crippen molar-refractivity contribution in [1.82, 2.24) is 10.6 Å². The number of benzene rings is 2. The number of carbonyl (C=O) groups is 2. The van der Waals surface area contributed by atoms with Crippen molar-refractivity contribution in [2.24, 2.45) is 4.99 Å². The summed E-state index contributed by atoms with van der Waals surface area (Å²) in [6.45, 7) is 1.42. The third kappa shape index (κ3) is 4.85. The van der Waals surface area contributed by atoms with Crippen molar-refractivity contribution in [3.8, 4) is 0 Å². The van der Waals surface area contributed by atoms with E-state index in [0.717, 1.165) is 18.2 Å².